The zero-order valence-electron chi connectivity index (χ0n) is 21.0. The summed E-state index contributed by atoms with van der Waals surface area (Å²) in [5.41, 5.74) is 3.18. The van der Waals surface area contributed by atoms with E-state index in [0.29, 0.717) is 52.9 Å². The number of fused-ring (bicyclic) bond motifs is 1. The van der Waals surface area contributed by atoms with E-state index in [-0.39, 0.29) is 30.2 Å². The molecule has 1 aromatic carbocycles. The Morgan fingerprint density at radius 3 is 2.65 bits per heavy atom. The third kappa shape index (κ3) is 3.46. The molecule has 1 spiro atoms. The van der Waals surface area contributed by atoms with Crippen molar-refractivity contribution in [3.05, 3.63) is 52.9 Å². The molecular formula is C28H31N5O4. The smallest absolute Gasteiger partial charge is 0.264 e. The highest BCUT2D eigenvalue weighted by Gasteiger charge is 2.62. The van der Waals surface area contributed by atoms with Crippen molar-refractivity contribution in [1.29, 1.82) is 0 Å². The normalized spacial score (nSPS) is 27.4. The summed E-state index contributed by atoms with van der Waals surface area (Å²) < 4.78 is 4.73. The molecular weight excluding hydrogens is 470 g/mol. The molecule has 1 saturated heterocycles. The van der Waals surface area contributed by atoms with E-state index in [9.17, 15) is 14.4 Å². The fourth-order valence-electron chi connectivity index (χ4n) is 7.38. The average molecular weight is 502 g/mol. The number of imide groups is 1. The number of piperidine rings is 1. The van der Waals surface area contributed by atoms with Gasteiger partial charge in [-0.2, -0.15) is 0 Å². The van der Waals surface area contributed by atoms with Crippen molar-refractivity contribution in [3.8, 4) is 0 Å². The van der Waals surface area contributed by atoms with Gasteiger partial charge in [-0.05, 0) is 74.3 Å². The molecule has 0 radical (unpaired) electrons. The Balaban J connectivity index is 0.986. The van der Waals surface area contributed by atoms with Crippen LogP contribution in [0.1, 0.15) is 64.2 Å². The number of hydrogen-bond acceptors (Lipinski definition) is 7. The molecule has 3 heterocycles. The van der Waals surface area contributed by atoms with Gasteiger partial charge in [0.15, 0.2) is 0 Å². The molecule has 9 heteroatoms. The van der Waals surface area contributed by atoms with Gasteiger partial charge in [-0.1, -0.05) is 28.5 Å². The maximum absolute atomic E-state index is 13.3. The van der Waals surface area contributed by atoms with Crippen LogP contribution in [0.15, 0.2) is 35.0 Å². The molecule has 2 saturated carbocycles. The lowest BCUT2D eigenvalue weighted by Gasteiger charge is -2.34. The Morgan fingerprint density at radius 1 is 1.14 bits per heavy atom. The molecule has 5 aliphatic rings. The minimum atomic E-state index is -0.332. The molecule has 37 heavy (non-hydrogen) atoms. The average Bonchev–Trinajstić information content (AvgIpc) is 3.31. The van der Waals surface area contributed by atoms with Gasteiger partial charge in [0.25, 0.3) is 11.8 Å². The predicted molar refractivity (Wildman–Crippen MR) is 134 cm³/mol. The minimum Gasteiger partial charge on any atom is -0.371 e. The first-order valence-electron chi connectivity index (χ1n) is 13.4. The molecule has 3 fully saturated rings. The van der Waals surface area contributed by atoms with Crippen LogP contribution in [0.3, 0.4) is 0 Å². The molecule has 3 atom stereocenters. The van der Waals surface area contributed by atoms with Crippen molar-refractivity contribution >= 4 is 23.4 Å². The number of aromatic nitrogens is 2. The van der Waals surface area contributed by atoms with Gasteiger partial charge in [0.05, 0.1) is 23.4 Å². The van der Waals surface area contributed by atoms with Crippen LogP contribution in [-0.4, -0.2) is 52.6 Å². The molecule has 9 nitrogen and oxygen atoms in total. The van der Waals surface area contributed by atoms with Crippen molar-refractivity contribution in [2.75, 3.05) is 24.5 Å². The number of nitrogens with one attached hydrogen (secondary N) is 1. The minimum absolute atomic E-state index is 0.0199. The Morgan fingerprint density at radius 2 is 1.95 bits per heavy atom. The number of aryl methyl sites for hydroxylation is 1. The van der Waals surface area contributed by atoms with Crippen LogP contribution in [0.25, 0.3) is 0 Å². The standard InChI is InChI=1S/C28H31N5O4/c1-16-22(31-37-30-16)15-33-26(35)20-3-2-4-23(24(20)27(33)36)32-11-7-17(8-12-32)25(34)29-14-18-13-19-5-6-21(18)28(19)9-10-28/h2-6,17-19,21H,7-15H2,1H3,(H,29,34)/t18-,19-,21-/m0/s1. The van der Waals surface area contributed by atoms with E-state index in [4.69, 9.17) is 4.63 Å². The summed E-state index contributed by atoms with van der Waals surface area (Å²) in [6.45, 7) is 3.88. The lowest BCUT2D eigenvalue weighted by Crippen LogP contribution is -2.42. The molecule has 1 aromatic heterocycles. The van der Waals surface area contributed by atoms with Gasteiger partial charge in [-0.3, -0.25) is 19.3 Å². The third-order valence-corrected chi connectivity index (χ3v) is 9.62. The highest BCUT2D eigenvalue weighted by Crippen LogP contribution is 2.69. The second-order valence-electron chi connectivity index (χ2n) is 11.4. The Labute approximate surface area is 215 Å². The molecule has 7 rings (SSSR count). The lowest BCUT2D eigenvalue weighted by molar-refractivity contribution is -0.125. The number of rotatable bonds is 6. The van der Waals surface area contributed by atoms with Crippen molar-refractivity contribution in [1.82, 2.24) is 20.5 Å². The van der Waals surface area contributed by atoms with Crippen molar-refractivity contribution in [2.45, 2.75) is 45.6 Å². The third-order valence-electron chi connectivity index (χ3n) is 9.62. The first-order valence-corrected chi connectivity index (χ1v) is 13.4. The zero-order chi connectivity index (χ0) is 25.3. The predicted octanol–water partition coefficient (Wildman–Crippen LogP) is 3.11. The summed E-state index contributed by atoms with van der Waals surface area (Å²) in [7, 11) is 0. The molecule has 192 valence electrons. The van der Waals surface area contributed by atoms with Crippen LogP contribution in [0.2, 0.25) is 0 Å². The number of amides is 3. The largest absolute Gasteiger partial charge is 0.371 e. The highest BCUT2D eigenvalue weighted by atomic mass is 16.6. The number of carbonyl (C=O) groups is 3. The quantitative estimate of drug-likeness (QED) is 0.479. The van der Waals surface area contributed by atoms with Gasteiger partial charge < -0.3 is 10.2 Å². The first-order chi connectivity index (χ1) is 18.0. The molecule has 2 aliphatic heterocycles. The molecule has 3 aliphatic carbocycles. The summed E-state index contributed by atoms with van der Waals surface area (Å²) in [5, 5.41) is 10.8. The summed E-state index contributed by atoms with van der Waals surface area (Å²) in [6.07, 6.45) is 10.2. The molecule has 2 aromatic rings. The van der Waals surface area contributed by atoms with Crippen LogP contribution in [-0.2, 0) is 11.3 Å². The fourth-order valence-corrected chi connectivity index (χ4v) is 7.38. The van der Waals surface area contributed by atoms with E-state index in [1.807, 2.05) is 12.1 Å². The summed E-state index contributed by atoms with van der Waals surface area (Å²) >= 11 is 0. The maximum atomic E-state index is 13.3. The van der Waals surface area contributed by atoms with Crippen molar-refractivity contribution < 1.29 is 19.0 Å². The van der Waals surface area contributed by atoms with E-state index >= 15 is 0 Å². The van der Waals surface area contributed by atoms with E-state index in [1.54, 1.807) is 13.0 Å². The maximum Gasteiger partial charge on any atom is 0.264 e. The number of benzene rings is 1. The van der Waals surface area contributed by atoms with Crippen LogP contribution in [0.5, 0.6) is 0 Å². The number of hydrogen-bond donors (Lipinski definition) is 1. The molecule has 2 bridgehead atoms. The summed E-state index contributed by atoms with van der Waals surface area (Å²) in [4.78, 5) is 42.7. The monoisotopic (exact) mass is 501 g/mol. The first kappa shape index (κ1) is 22.7. The zero-order valence-corrected chi connectivity index (χ0v) is 21.0. The van der Waals surface area contributed by atoms with Gasteiger partial charge >= 0.3 is 0 Å². The fraction of sp³-hybridized carbons (Fsp3) is 0.536. The van der Waals surface area contributed by atoms with E-state index in [2.05, 4.69) is 32.7 Å². The summed E-state index contributed by atoms with van der Waals surface area (Å²) in [5.74, 6) is 1.45. The number of allylic oxidation sites excluding steroid dienone is 2. The second-order valence-corrected chi connectivity index (χ2v) is 11.4. The highest BCUT2D eigenvalue weighted by molar-refractivity contribution is 6.23. The number of carbonyl (C=O) groups excluding carboxylic acids is 3. The second kappa shape index (κ2) is 8.26. The van der Waals surface area contributed by atoms with Gasteiger partial charge in [-0.25, -0.2) is 4.63 Å². The van der Waals surface area contributed by atoms with Crippen LogP contribution in [0.4, 0.5) is 5.69 Å². The van der Waals surface area contributed by atoms with Crippen LogP contribution < -0.4 is 10.2 Å². The van der Waals surface area contributed by atoms with Crippen LogP contribution >= 0.6 is 0 Å². The lowest BCUT2D eigenvalue weighted by atomic mass is 9.88. The number of anilines is 1. The van der Waals surface area contributed by atoms with Gasteiger partial charge in [-0.15, -0.1) is 0 Å². The van der Waals surface area contributed by atoms with Crippen LogP contribution in [0, 0.1) is 36.0 Å². The van der Waals surface area contributed by atoms with Crippen molar-refractivity contribution in [3.63, 3.8) is 0 Å². The van der Waals surface area contributed by atoms with Gasteiger partial charge in [0.1, 0.15) is 11.4 Å². The van der Waals surface area contributed by atoms with Gasteiger partial charge in [0.2, 0.25) is 5.91 Å². The molecule has 1 N–H and O–H groups in total. The number of nitrogens with zero attached hydrogens (tertiary/aromatic N) is 4. The van der Waals surface area contributed by atoms with E-state index < -0.39 is 0 Å². The molecule has 0 unspecified atom stereocenters. The summed E-state index contributed by atoms with van der Waals surface area (Å²) in [6, 6.07) is 5.41. The SMILES string of the molecule is Cc1nonc1CN1C(=O)c2cccc(N3CCC(C(=O)NC[C@@H]4C[C@@H]5C=C[C@@H]4C54CC4)CC3)c2C1=O. The molecule has 3 amide bonds. The topological polar surface area (TPSA) is 109 Å². The van der Waals surface area contributed by atoms with E-state index in [1.165, 1.54) is 24.2 Å². The van der Waals surface area contributed by atoms with Crippen molar-refractivity contribution in [2.24, 2.45) is 29.1 Å². The Bertz CT molecular complexity index is 1320. The van der Waals surface area contributed by atoms with Gasteiger partial charge in [0, 0.05) is 25.6 Å². The Kier molecular flexibility index (Phi) is 5.07. The Hall–Kier alpha value is -3.49. The van der Waals surface area contributed by atoms with E-state index in [0.717, 1.165) is 31.0 Å².